The number of nitrogens with one attached hydrogen (secondary N) is 2. The number of hydrogen-bond acceptors (Lipinski definition) is 12. The van der Waals surface area contributed by atoms with Crippen molar-refractivity contribution in [3.8, 4) is 28.7 Å². The number of fused-ring (bicyclic) bond motifs is 2. The molecule has 5 aromatic carbocycles. The molecule has 6 aromatic rings. The topological polar surface area (TPSA) is 175 Å². The zero-order valence-corrected chi connectivity index (χ0v) is 37.5. The molecule has 7 N–H and O–H groups in total. The Morgan fingerprint density at radius 2 is 1.71 bits per heavy atom. The van der Waals surface area contributed by atoms with Gasteiger partial charge in [-0.05, 0) is 102 Å². The van der Waals surface area contributed by atoms with E-state index < -0.39 is 23.5 Å². The molecular weight excluding hydrogens is 835 g/mol. The Morgan fingerprint density at radius 3 is 2.51 bits per heavy atom. The largest absolute Gasteiger partial charge is 0.670 e. The monoisotopic (exact) mass is 890 g/mol. The van der Waals surface area contributed by atoms with Crippen molar-refractivity contribution in [3.63, 3.8) is 0 Å². The number of β-amino-alcohol motifs (C(OH)–C–C–N with tert-alkyl or cyclic N) is 1. The van der Waals surface area contributed by atoms with Gasteiger partial charge < -0.3 is 45.3 Å². The smallest absolute Gasteiger partial charge is 0.167 e. The average Bonchev–Trinajstić information content (AvgIpc) is 3.77. The van der Waals surface area contributed by atoms with Gasteiger partial charge in [-0.3, -0.25) is 10.1 Å². The first kappa shape index (κ1) is 45.9. The number of hydrogen-bond donors (Lipinski definition) is 7. The summed E-state index contributed by atoms with van der Waals surface area (Å²) in [4.78, 5) is 19.3. The summed E-state index contributed by atoms with van der Waals surface area (Å²) in [6, 6.07) is 28.3. The highest BCUT2D eigenvalue weighted by Gasteiger charge is 2.31. The molecule has 13 heteroatoms. The molecule has 11 nitrogen and oxygen atoms in total. The third kappa shape index (κ3) is 11.5. The summed E-state index contributed by atoms with van der Waals surface area (Å²) in [7, 11) is 6.40. The van der Waals surface area contributed by atoms with Crippen LogP contribution >= 0.6 is 21.6 Å². The van der Waals surface area contributed by atoms with Crippen LogP contribution in [0.3, 0.4) is 0 Å². The van der Waals surface area contributed by atoms with E-state index in [0.717, 1.165) is 49.7 Å². The average molecular weight is 891 g/mol. The SMILES string of the molecule is CNCc1cc(O)cc(C(Cc2ccc(O)c3c2CSSCC(C)(O)CNCO3)C(=O)CC(O)C(Cc2cc[n-]c2)Cc2ccc(O)c(OC)c2Cc2cccc3ccccc23)c1. The summed E-state index contributed by atoms with van der Waals surface area (Å²) in [6.07, 6.45) is 3.69. The van der Waals surface area contributed by atoms with Crippen LogP contribution in [0.25, 0.3) is 10.8 Å². The second-order valence-corrected chi connectivity index (χ2v) is 19.1. The fraction of sp³-hybridized carbons (Fsp3) is 0.340. The number of ketones is 1. The number of phenols is 3. The van der Waals surface area contributed by atoms with Gasteiger partial charge in [-0.15, -0.1) is 0 Å². The minimum atomic E-state index is -1.10. The van der Waals surface area contributed by atoms with Gasteiger partial charge in [0.05, 0.1) is 18.8 Å². The van der Waals surface area contributed by atoms with E-state index in [1.807, 2.05) is 43.4 Å². The van der Waals surface area contributed by atoms with Crippen LogP contribution in [-0.2, 0) is 42.8 Å². The van der Waals surface area contributed by atoms with Crippen molar-refractivity contribution in [2.75, 3.05) is 33.2 Å². The molecule has 0 spiro atoms. The summed E-state index contributed by atoms with van der Waals surface area (Å²) in [5.74, 6) is 0.134. The van der Waals surface area contributed by atoms with Gasteiger partial charge in [-0.2, -0.15) is 12.4 Å². The van der Waals surface area contributed by atoms with Gasteiger partial charge >= 0.3 is 0 Å². The second kappa shape index (κ2) is 21.0. The Labute approximate surface area is 376 Å². The molecule has 4 atom stereocenters. The first-order valence-corrected chi connectivity index (χ1v) is 23.6. The summed E-state index contributed by atoms with van der Waals surface area (Å²) in [5.41, 5.74) is 5.61. The van der Waals surface area contributed by atoms with Gasteiger partial charge in [0.1, 0.15) is 18.3 Å². The highest BCUT2D eigenvalue weighted by Crippen LogP contribution is 2.42. The summed E-state index contributed by atoms with van der Waals surface area (Å²) in [5, 5.41) is 64.6. The number of aliphatic hydroxyl groups is 2. The van der Waals surface area contributed by atoms with Crippen molar-refractivity contribution in [1.29, 1.82) is 0 Å². The molecule has 63 heavy (non-hydrogen) atoms. The number of carbonyl (C=O) groups excluding carboxylic acids is 1. The number of methoxy groups -OCH3 is 1. The van der Waals surface area contributed by atoms with E-state index in [4.69, 9.17) is 9.47 Å². The van der Waals surface area contributed by atoms with Crippen LogP contribution < -0.4 is 25.1 Å². The zero-order valence-electron chi connectivity index (χ0n) is 35.8. The molecule has 0 amide bonds. The van der Waals surface area contributed by atoms with Crippen LogP contribution in [0.1, 0.15) is 63.8 Å². The fourth-order valence-electron chi connectivity index (χ4n) is 8.57. The fourth-order valence-corrected chi connectivity index (χ4v) is 11.1. The standard InChI is InChI=1S/C50H56N3O8S2/c1-50(59)28-53-30-61-49-43(27-62-63-29-50)36(12-14-45(49)56)22-41(37-18-32(25-51-2)19-39(54)21-37)47(58)24-46(57)38(17-31-15-16-52-26-31)20-35-11-13-44(55)48(60-3)42(35)23-34-9-6-8-33-7-4-5-10-40(33)34/h4-16,18-19,21,26,38,41,46,51,53-57,59H,17,20,22-25,27-30H2,1-3H3/q-1. The van der Waals surface area contributed by atoms with Crippen LogP contribution in [0.2, 0.25) is 0 Å². The van der Waals surface area contributed by atoms with Crippen LogP contribution in [0.15, 0.2) is 103 Å². The third-order valence-corrected chi connectivity index (χ3v) is 14.3. The molecule has 1 aliphatic rings. The van der Waals surface area contributed by atoms with E-state index in [1.165, 1.54) is 21.6 Å². The van der Waals surface area contributed by atoms with Crippen LogP contribution in [-0.4, -0.2) is 76.2 Å². The summed E-state index contributed by atoms with van der Waals surface area (Å²) < 4.78 is 11.9. The number of ether oxygens (including phenoxy) is 2. The molecule has 2 heterocycles. The number of benzene rings is 5. The Hall–Kier alpha value is -5.15. The quantitative estimate of drug-likeness (QED) is 0.0475. The van der Waals surface area contributed by atoms with E-state index in [1.54, 1.807) is 56.8 Å². The van der Waals surface area contributed by atoms with Gasteiger partial charge in [-0.25, -0.2) is 0 Å². The van der Waals surface area contributed by atoms with Crippen molar-refractivity contribution in [2.24, 2.45) is 5.92 Å². The first-order valence-electron chi connectivity index (χ1n) is 21.1. The normalized spacial score (nSPS) is 17.2. The lowest BCUT2D eigenvalue weighted by Crippen LogP contribution is -2.41. The number of aromatic hydroxyl groups is 3. The molecule has 0 aliphatic carbocycles. The number of nitrogens with zero attached hydrogens (tertiary/aromatic N) is 1. The molecule has 0 fully saturated rings. The van der Waals surface area contributed by atoms with E-state index in [0.29, 0.717) is 60.9 Å². The maximum atomic E-state index is 15.0. The molecule has 4 unspecified atom stereocenters. The Morgan fingerprint density at radius 1 is 0.921 bits per heavy atom. The number of phenolic OH excluding ortho intramolecular Hbond substituents is 3. The van der Waals surface area contributed by atoms with E-state index in [2.05, 4.69) is 39.9 Å². The maximum Gasteiger partial charge on any atom is 0.167 e. The molecule has 0 radical (unpaired) electrons. The highest BCUT2D eigenvalue weighted by atomic mass is 33.1. The molecule has 0 saturated heterocycles. The van der Waals surface area contributed by atoms with E-state index in [-0.39, 0.29) is 42.6 Å². The van der Waals surface area contributed by atoms with Crippen LogP contribution in [0.5, 0.6) is 28.7 Å². The lowest BCUT2D eigenvalue weighted by molar-refractivity contribution is -0.123. The molecule has 0 bridgehead atoms. The Kier molecular flexibility index (Phi) is 15.3. The number of aliphatic hydroxyl groups excluding tert-OH is 1. The van der Waals surface area contributed by atoms with Gasteiger partial charge in [-0.1, -0.05) is 93.9 Å². The number of rotatable bonds is 16. The third-order valence-electron chi connectivity index (χ3n) is 11.8. The summed E-state index contributed by atoms with van der Waals surface area (Å²) >= 11 is 0. The predicted octanol–water partition coefficient (Wildman–Crippen LogP) is 7.55. The maximum absolute atomic E-state index is 15.0. The van der Waals surface area contributed by atoms with Crippen molar-refractivity contribution >= 4 is 38.1 Å². The van der Waals surface area contributed by atoms with Gasteiger partial charge in [0.15, 0.2) is 23.0 Å². The molecule has 332 valence electrons. The van der Waals surface area contributed by atoms with Crippen molar-refractivity contribution < 1.29 is 39.8 Å². The van der Waals surface area contributed by atoms with Crippen molar-refractivity contribution in [2.45, 2.75) is 68.9 Å². The molecular formula is C50H56N3O8S2-. The minimum Gasteiger partial charge on any atom is -0.670 e. The van der Waals surface area contributed by atoms with E-state index in [9.17, 15) is 25.5 Å². The van der Waals surface area contributed by atoms with E-state index >= 15 is 4.79 Å². The van der Waals surface area contributed by atoms with Gasteiger partial charge in [0.2, 0.25) is 0 Å². The first-order chi connectivity index (χ1) is 30.4. The molecule has 1 aliphatic heterocycles. The van der Waals surface area contributed by atoms with Gasteiger partial charge in [0, 0.05) is 54.5 Å². The van der Waals surface area contributed by atoms with Gasteiger partial charge in [0.25, 0.3) is 0 Å². The zero-order chi connectivity index (χ0) is 44.5. The molecule has 7 rings (SSSR count). The molecule has 1 aromatic heterocycles. The van der Waals surface area contributed by atoms with Crippen LogP contribution in [0, 0.1) is 5.92 Å². The number of aromatic nitrogens is 1. The second-order valence-electron chi connectivity index (χ2n) is 16.7. The number of Topliss-reactive ketones (excluding diaryl/α,β-unsaturated/α-hetero) is 1. The predicted molar refractivity (Wildman–Crippen MR) is 251 cm³/mol. The van der Waals surface area contributed by atoms with Crippen LogP contribution in [0.4, 0.5) is 0 Å². The number of carbonyl (C=O) groups is 1. The van der Waals surface area contributed by atoms with Crippen molar-refractivity contribution in [3.05, 3.63) is 148 Å². The summed E-state index contributed by atoms with van der Waals surface area (Å²) in [6.45, 7) is 2.58. The highest BCUT2D eigenvalue weighted by molar-refractivity contribution is 8.76. The van der Waals surface area contributed by atoms with Crippen molar-refractivity contribution in [1.82, 2.24) is 15.6 Å². The molecule has 0 saturated carbocycles. The Balaban J connectivity index is 1.23. The Bertz CT molecular complexity index is 2490. The minimum absolute atomic E-state index is 0.0191. The lowest BCUT2D eigenvalue weighted by Gasteiger charge is -2.27. The lowest BCUT2D eigenvalue weighted by atomic mass is 9.80.